The van der Waals surface area contributed by atoms with E-state index in [2.05, 4.69) is 25.7 Å². The van der Waals surface area contributed by atoms with Crippen molar-refractivity contribution < 1.29 is 4.39 Å². The van der Waals surface area contributed by atoms with Crippen molar-refractivity contribution in [1.82, 2.24) is 9.80 Å². The third kappa shape index (κ3) is 3.18. The molecular formula is C15H20BrFN2. The zero-order valence-corrected chi connectivity index (χ0v) is 12.7. The predicted molar refractivity (Wildman–Crippen MR) is 78.6 cm³/mol. The second-order valence-corrected chi connectivity index (χ2v) is 6.52. The van der Waals surface area contributed by atoms with Crippen LogP contribution in [0.1, 0.15) is 24.8 Å². The van der Waals surface area contributed by atoms with Gasteiger partial charge in [0.1, 0.15) is 5.82 Å². The lowest BCUT2D eigenvalue weighted by molar-refractivity contribution is 0.215. The minimum atomic E-state index is -0.179. The Morgan fingerprint density at radius 1 is 1.21 bits per heavy atom. The molecule has 2 nitrogen and oxygen atoms in total. The van der Waals surface area contributed by atoms with E-state index < -0.39 is 0 Å². The van der Waals surface area contributed by atoms with Gasteiger partial charge < -0.3 is 0 Å². The lowest BCUT2D eigenvalue weighted by Crippen LogP contribution is -2.36. The molecular weight excluding hydrogens is 307 g/mol. The summed E-state index contributed by atoms with van der Waals surface area (Å²) in [6.45, 7) is 5.77. The second kappa shape index (κ2) is 5.90. The molecule has 1 atom stereocenters. The van der Waals surface area contributed by atoms with E-state index in [-0.39, 0.29) is 5.82 Å². The van der Waals surface area contributed by atoms with Crippen molar-refractivity contribution in [3.63, 3.8) is 0 Å². The maximum absolute atomic E-state index is 13.3. The number of hydrogen-bond acceptors (Lipinski definition) is 2. The molecule has 2 fully saturated rings. The fourth-order valence-electron chi connectivity index (χ4n) is 3.32. The summed E-state index contributed by atoms with van der Waals surface area (Å²) < 4.78 is 13.8. The normalized spacial score (nSPS) is 25.3. The predicted octanol–water partition coefficient (Wildman–Crippen LogP) is 3.26. The SMILES string of the molecule is Fc1ccc(CN2CCCN3CCC[C@H]3C2)cc1Br. The van der Waals surface area contributed by atoms with Crippen LogP contribution in [0.2, 0.25) is 0 Å². The first-order chi connectivity index (χ1) is 9.22. The summed E-state index contributed by atoms with van der Waals surface area (Å²) in [5, 5.41) is 0. The molecule has 4 heteroatoms. The van der Waals surface area contributed by atoms with Gasteiger partial charge in [-0.25, -0.2) is 4.39 Å². The lowest BCUT2D eigenvalue weighted by Gasteiger charge is -2.25. The Morgan fingerprint density at radius 3 is 2.89 bits per heavy atom. The first-order valence-electron chi connectivity index (χ1n) is 7.13. The van der Waals surface area contributed by atoms with Crippen LogP contribution in [-0.2, 0) is 6.54 Å². The maximum Gasteiger partial charge on any atom is 0.137 e. The molecule has 0 saturated carbocycles. The van der Waals surface area contributed by atoms with Gasteiger partial charge in [-0.1, -0.05) is 6.07 Å². The van der Waals surface area contributed by atoms with Gasteiger partial charge in [0.25, 0.3) is 0 Å². The summed E-state index contributed by atoms with van der Waals surface area (Å²) in [5.74, 6) is -0.179. The van der Waals surface area contributed by atoms with Crippen LogP contribution in [0.25, 0.3) is 0 Å². The average molecular weight is 327 g/mol. The van der Waals surface area contributed by atoms with Crippen LogP contribution < -0.4 is 0 Å². The highest BCUT2D eigenvalue weighted by Gasteiger charge is 2.28. The van der Waals surface area contributed by atoms with E-state index in [1.165, 1.54) is 37.9 Å². The topological polar surface area (TPSA) is 6.48 Å². The molecule has 1 aromatic rings. The molecule has 2 aliphatic heterocycles. The quantitative estimate of drug-likeness (QED) is 0.823. The summed E-state index contributed by atoms with van der Waals surface area (Å²) in [5.41, 5.74) is 1.19. The van der Waals surface area contributed by atoms with Gasteiger partial charge in [0.15, 0.2) is 0 Å². The van der Waals surface area contributed by atoms with Crippen LogP contribution in [0.15, 0.2) is 22.7 Å². The van der Waals surface area contributed by atoms with Gasteiger partial charge in [-0.2, -0.15) is 0 Å². The van der Waals surface area contributed by atoms with Crippen molar-refractivity contribution >= 4 is 15.9 Å². The van der Waals surface area contributed by atoms with Crippen LogP contribution in [0, 0.1) is 5.82 Å². The van der Waals surface area contributed by atoms with E-state index >= 15 is 0 Å². The first-order valence-corrected chi connectivity index (χ1v) is 7.92. The summed E-state index contributed by atoms with van der Waals surface area (Å²) in [7, 11) is 0. The summed E-state index contributed by atoms with van der Waals surface area (Å²) >= 11 is 3.27. The maximum atomic E-state index is 13.3. The molecule has 0 bridgehead atoms. The number of fused-ring (bicyclic) bond motifs is 1. The Morgan fingerprint density at radius 2 is 2.05 bits per heavy atom. The van der Waals surface area contributed by atoms with Crippen molar-refractivity contribution in [3.8, 4) is 0 Å². The fourth-order valence-corrected chi connectivity index (χ4v) is 3.75. The number of rotatable bonds is 2. The zero-order valence-electron chi connectivity index (χ0n) is 11.1. The molecule has 0 spiro atoms. The minimum Gasteiger partial charge on any atom is -0.299 e. The number of hydrogen-bond donors (Lipinski definition) is 0. The standard InChI is InChI=1S/C15H20BrFN2/c16-14-9-12(4-5-15(14)17)10-18-6-2-8-19-7-1-3-13(19)11-18/h4-5,9,13H,1-3,6-8,10-11H2/t13-/m0/s1. The van der Waals surface area contributed by atoms with Gasteiger partial charge in [0.2, 0.25) is 0 Å². The van der Waals surface area contributed by atoms with Gasteiger partial charge in [0, 0.05) is 19.1 Å². The van der Waals surface area contributed by atoms with Gasteiger partial charge in [0.05, 0.1) is 4.47 Å². The van der Waals surface area contributed by atoms with E-state index in [0.717, 1.165) is 25.7 Å². The van der Waals surface area contributed by atoms with Crippen LogP contribution in [-0.4, -0.2) is 42.0 Å². The van der Waals surface area contributed by atoms with Crippen LogP contribution >= 0.6 is 15.9 Å². The summed E-state index contributed by atoms with van der Waals surface area (Å²) in [4.78, 5) is 5.16. The molecule has 104 valence electrons. The van der Waals surface area contributed by atoms with Gasteiger partial charge >= 0.3 is 0 Å². The molecule has 0 unspecified atom stereocenters. The third-order valence-corrected chi connectivity index (χ3v) is 4.89. The first kappa shape index (κ1) is 13.5. The zero-order chi connectivity index (χ0) is 13.2. The van der Waals surface area contributed by atoms with E-state index in [1.54, 1.807) is 6.07 Å². The molecule has 0 amide bonds. The van der Waals surface area contributed by atoms with Gasteiger partial charge in [-0.15, -0.1) is 0 Å². The molecule has 19 heavy (non-hydrogen) atoms. The van der Waals surface area contributed by atoms with Crippen molar-refractivity contribution in [2.75, 3.05) is 26.2 Å². The van der Waals surface area contributed by atoms with Crippen molar-refractivity contribution in [2.45, 2.75) is 31.8 Å². The number of benzene rings is 1. The Bertz CT molecular complexity index is 452. The van der Waals surface area contributed by atoms with Crippen molar-refractivity contribution in [2.24, 2.45) is 0 Å². The molecule has 2 heterocycles. The molecule has 2 aliphatic rings. The largest absolute Gasteiger partial charge is 0.299 e. The van der Waals surface area contributed by atoms with E-state index in [1.807, 2.05) is 12.1 Å². The van der Waals surface area contributed by atoms with Gasteiger partial charge in [-0.05, 0) is 72.5 Å². The highest BCUT2D eigenvalue weighted by Crippen LogP contribution is 2.23. The Kier molecular flexibility index (Phi) is 4.20. The van der Waals surface area contributed by atoms with Crippen LogP contribution in [0.4, 0.5) is 4.39 Å². The molecule has 0 N–H and O–H groups in total. The van der Waals surface area contributed by atoms with E-state index in [0.29, 0.717) is 4.47 Å². The van der Waals surface area contributed by atoms with Crippen molar-refractivity contribution in [3.05, 3.63) is 34.1 Å². The second-order valence-electron chi connectivity index (χ2n) is 5.67. The Hall–Kier alpha value is -0.450. The monoisotopic (exact) mass is 326 g/mol. The average Bonchev–Trinajstić information content (AvgIpc) is 2.73. The highest BCUT2D eigenvalue weighted by atomic mass is 79.9. The molecule has 3 rings (SSSR count). The summed E-state index contributed by atoms with van der Waals surface area (Å²) in [6, 6.07) is 6.11. The van der Waals surface area contributed by atoms with Crippen LogP contribution in [0.3, 0.4) is 0 Å². The number of halogens is 2. The third-order valence-electron chi connectivity index (χ3n) is 4.28. The summed E-state index contributed by atoms with van der Waals surface area (Å²) in [6.07, 6.45) is 3.93. The minimum absolute atomic E-state index is 0.179. The molecule has 1 aromatic carbocycles. The molecule has 2 saturated heterocycles. The van der Waals surface area contributed by atoms with Crippen LogP contribution in [0.5, 0.6) is 0 Å². The smallest absolute Gasteiger partial charge is 0.137 e. The molecule has 0 radical (unpaired) electrons. The fraction of sp³-hybridized carbons (Fsp3) is 0.600. The lowest BCUT2D eigenvalue weighted by atomic mass is 10.1. The number of nitrogens with zero attached hydrogens (tertiary/aromatic N) is 2. The molecule has 0 aromatic heterocycles. The van der Waals surface area contributed by atoms with Gasteiger partial charge in [-0.3, -0.25) is 9.80 Å². The van der Waals surface area contributed by atoms with Crippen molar-refractivity contribution in [1.29, 1.82) is 0 Å². The Labute approximate surface area is 122 Å². The highest BCUT2D eigenvalue weighted by molar-refractivity contribution is 9.10. The van der Waals surface area contributed by atoms with E-state index in [9.17, 15) is 4.39 Å². The van der Waals surface area contributed by atoms with E-state index in [4.69, 9.17) is 0 Å². The Balaban J connectivity index is 1.66. The molecule has 0 aliphatic carbocycles.